The van der Waals surface area contributed by atoms with Crippen molar-refractivity contribution < 1.29 is 28.7 Å². The van der Waals surface area contributed by atoms with E-state index in [0.717, 1.165) is 36.4 Å². The van der Waals surface area contributed by atoms with Crippen molar-refractivity contribution in [3.05, 3.63) is 35.9 Å². The molecule has 1 unspecified atom stereocenters. The van der Waals surface area contributed by atoms with Gasteiger partial charge in [0.2, 0.25) is 23.6 Å². The number of benzene rings is 1. The van der Waals surface area contributed by atoms with Crippen LogP contribution >= 0.6 is 0 Å². The number of carbonyl (C=O) groups is 5. The standard InChI is InChI=1S/C25H30N4O6/c30-20-7-6-19(23(33)26-20)29-21(31)12-25(24(29)34)15-28(16-25)18-8-10-27(11-9-18)13-22(32)35-14-17-4-2-1-3-5-17/h1-5,18-19H,6-16H2,(H,26,30,33). The number of rotatable bonds is 6. The van der Waals surface area contributed by atoms with Crippen LogP contribution in [0.3, 0.4) is 0 Å². The maximum atomic E-state index is 13.2. The molecule has 0 aromatic heterocycles. The number of ether oxygens (including phenoxy) is 1. The molecular weight excluding hydrogens is 452 g/mol. The van der Waals surface area contributed by atoms with Crippen LogP contribution in [0.25, 0.3) is 0 Å². The van der Waals surface area contributed by atoms with E-state index < -0.39 is 17.4 Å². The van der Waals surface area contributed by atoms with Crippen molar-refractivity contribution in [3.63, 3.8) is 0 Å². The molecule has 0 radical (unpaired) electrons. The number of imide groups is 2. The highest BCUT2D eigenvalue weighted by Gasteiger charge is 2.61. The molecule has 4 aliphatic heterocycles. The van der Waals surface area contributed by atoms with E-state index in [1.807, 2.05) is 30.3 Å². The fourth-order valence-electron chi connectivity index (χ4n) is 5.71. The predicted molar refractivity (Wildman–Crippen MR) is 122 cm³/mol. The van der Waals surface area contributed by atoms with Crippen molar-refractivity contribution >= 4 is 29.6 Å². The summed E-state index contributed by atoms with van der Waals surface area (Å²) in [7, 11) is 0. The molecular formula is C25H30N4O6. The Kier molecular flexibility index (Phi) is 6.41. The van der Waals surface area contributed by atoms with E-state index in [4.69, 9.17) is 4.74 Å². The summed E-state index contributed by atoms with van der Waals surface area (Å²) in [6, 6.07) is 9.00. The summed E-state index contributed by atoms with van der Waals surface area (Å²) in [6.07, 6.45) is 2.19. The van der Waals surface area contributed by atoms with Gasteiger partial charge < -0.3 is 4.74 Å². The maximum absolute atomic E-state index is 13.2. The van der Waals surface area contributed by atoms with Gasteiger partial charge in [-0.25, -0.2) is 0 Å². The molecule has 0 aliphatic carbocycles. The van der Waals surface area contributed by atoms with Crippen LogP contribution in [0.1, 0.15) is 37.7 Å². The highest BCUT2D eigenvalue weighted by atomic mass is 16.5. The molecule has 1 spiro atoms. The quantitative estimate of drug-likeness (QED) is 0.447. The summed E-state index contributed by atoms with van der Waals surface area (Å²) in [5, 5.41) is 2.23. The maximum Gasteiger partial charge on any atom is 0.320 e. The van der Waals surface area contributed by atoms with Gasteiger partial charge in [0.25, 0.3) is 0 Å². The zero-order chi connectivity index (χ0) is 24.6. The molecule has 1 aromatic rings. The molecule has 5 rings (SSSR count). The van der Waals surface area contributed by atoms with Crippen LogP contribution in [0.4, 0.5) is 0 Å². The topological polar surface area (TPSA) is 116 Å². The summed E-state index contributed by atoms with van der Waals surface area (Å²) in [6.45, 7) is 3.08. The molecule has 1 aromatic carbocycles. The second kappa shape index (κ2) is 9.50. The SMILES string of the molecule is O=C1CCC(N2C(=O)CC3(CN(C4CCN(CC(=O)OCc5ccccc5)CC4)C3)C2=O)C(=O)N1. The fourth-order valence-corrected chi connectivity index (χ4v) is 5.71. The number of hydrogen-bond donors (Lipinski definition) is 1. The van der Waals surface area contributed by atoms with Crippen LogP contribution in [0, 0.1) is 5.41 Å². The average molecular weight is 483 g/mol. The van der Waals surface area contributed by atoms with Gasteiger partial charge in [-0.3, -0.25) is 44.0 Å². The Bertz CT molecular complexity index is 1030. The van der Waals surface area contributed by atoms with Crippen molar-refractivity contribution in [1.29, 1.82) is 0 Å². The van der Waals surface area contributed by atoms with E-state index in [1.165, 1.54) is 0 Å². The van der Waals surface area contributed by atoms with Crippen molar-refractivity contribution in [2.75, 3.05) is 32.7 Å². The van der Waals surface area contributed by atoms with Gasteiger partial charge in [0.1, 0.15) is 12.6 Å². The molecule has 35 heavy (non-hydrogen) atoms. The number of nitrogens with zero attached hydrogens (tertiary/aromatic N) is 3. The number of carbonyl (C=O) groups excluding carboxylic acids is 5. The van der Waals surface area contributed by atoms with Crippen molar-refractivity contribution in [1.82, 2.24) is 20.0 Å². The van der Waals surface area contributed by atoms with Gasteiger partial charge in [0.15, 0.2) is 0 Å². The monoisotopic (exact) mass is 482 g/mol. The second-order valence-corrected chi connectivity index (χ2v) is 10.1. The Hall–Kier alpha value is -3.11. The molecule has 0 saturated carbocycles. The number of piperidine rings is 2. The molecule has 4 fully saturated rings. The third-order valence-electron chi connectivity index (χ3n) is 7.63. The zero-order valence-corrected chi connectivity index (χ0v) is 19.6. The van der Waals surface area contributed by atoms with Gasteiger partial charge in [-0.15, -0.1) is 0 Å². The first-order valence-corrected chi connectivity index (χ1v) is 12.2. The molecule has 4 heterocycles. The van der Waals surface area contributed by atoms with Gasteiger partial charge in [0.05, 0.1) is 12.0 Å². The first-order valence-electron chi connectivity index (χ1n) is 12.2. The molecule has 4 aliphatic rings. The molecule has 0 bridgehead atoms. The number of esters is 1. The highest BCUT2D eigenvalue weighted by Crippen LogP contribution is 2.44. The predicted octanol–water partition coefficient (Wildman–Crippen LogP) is 0.0603. The smallest absolute Gasteiger partial charge is 0.320 e. The largest absolute Gasteiger partial charge is 0.460 e. The van der Waals surface area contributed by atoms with E-state index in [-0.39, 0.29) is 56.1 Å². The molecule has 1 atom stereocenters. The van der Waals surface area contributed by atoms with E-state index in [1.54, 1.807) is 0 Å². The fraction of sp³-hybridized carbons (Fsp3) is 0.560. The Balaban J connectivity index is 1.07. The Morgan fingerprint density at radius 3 is 2.43 bits per heavy atom. The summed E-state index contributed by atoms with van der Waals surface area (Å²) in [4.78, 5) is 67.1. The van der Waals surface area contributed by atoms with Crippen LogP contribution < -0.4 is 5.32 Å². The average Bonchev–Trinajstić information content (AvgIpc) is 3.08. The Morgan fingerprint density at radius 2 is 1.74 bits per heavy atom. The third kappa shape index (κ3) is 4.72. The summed E-state index contributed by atoms with van der Waals surface area (Å²) >= 11 is 0. The Morgan fingerprint density at radius 1 is 1.03 bits per heavy atom. The van der Waals surface area contributed by atoms with E-state index in [2.05, 4.69) is 15.1 Å². The van der Waals surface area contributed by atoms with Crippen LogP contribution in [-0.2, 0) is 35.3 Å². The minimum Gasteiger partial charge on any atom is -0.460 e. The minimum atomic E-state index is -0.883. The van der Waals surface area contributed by atoms with Gasteiger partial charge in [0, 0.05) is 45.1 Å². The lowest BCUT2D eigenvalue weighted by Crippen LogP contribution is -2.65. The van der Waals surface area contributed by atoms with E-state index >= 15 is 0 Å². The summed E-state index contributed by atoms with van der Waals surface area (Å²) in [5.41, 5.74) is 0.208. The van der Waals surface area contributed by atoms with Crippen LogP contribution in [-0.4, -0.2) is 89.1 Å². The first-order chi connectivity index (χ1) is 16.8. The lowest BCUT2D eigenvalue weighted by Gasteiger charge is -2.51. The number of amides is 4. The third-order valence-corrected chi connectivity index (χ3v) is 7.63. The minimum absolute atomic E-state index is 0.117. The molecule has 186 valence electrons. The van der Waals surface area contributed by atoms with Crippen LogP contribution in [0.5, 0.6) is 0 Å². The molecule has 10 heteroatoms. The summed E-state index contributed by atoms with van der Waals surface area (Å²) in [5.74, 6) is -1.78. The number of nitrogens with one attached hydrogen (secondary N) is 1. The second-order valence-electron chi connectivity index (χ2n) is 10.1. The van der Waals surface area contributed by atoms with Gasteiger partial charge in [-0.05, 0) is 24.8 Å². The highest BCUT2D eigenvalue weighted by molar-refractivity contribution is 6.11. The van der Waals surface area contributed by atoms with E-state index in [0.29, 0.717) is 19.1 Å². The number of hydrogen-bond acceptors (Lipinski definition) is 8. The lowest BCUT2D eigenvalue weighted by atomic mass is 9.76. The zero-order valence-electron chi connectivity index (χ0n) is 19.6. The van der Waals surface area contributed by atoms with Crippen LogP contribution in [0.15, 0.2) is 30.3 Å². The molecule has 10 nitrogen and oxygen atoms in total. The van der Waals surface area contributed by atoms with E-state index in [9.17, 15) is 24.0 Å². The van der Waals surface area contributed by atoms with Crippen molar-refractivity contribution in [2.24, 2.45) is 5.41 Å². The van der Waals surface area contributed by atoms with Crippen LogP contribution in [0.2, 0.25) is 0 Å². The number of likely N-dealkylation sites (tertiary alicyclic amines) is 3. The van der Waals surface area contributed by atoms with Gasteiger partial charge >= 0.3 is 5.97 Å². The first kappa shape index (κ1) is 23.6. The normalized spacial score (nSPS) is 25.6. The van der Waals surface area contributed by atoms with Crippen molar-refractivity contribution in [3.8, 4) is 0 Å². The molecule has 1 N–H and O–H groups in total. The lowest BCUT2D eigenvalue weighted by molar-refractivity contribution is -0.157. The summed E-state index contributed by atoms with van der Waals surface area (Å²) < 4.78 is 5.38. The molecule has 4 amide bonds. The van der Waals surface area contributed by atoms with Gasteiger partial charge in [-0.1, -0.05) is 30.3 Å². The van der Waals surface area contributed by atoms with Crippen molar-refractivity contribution in [2.45, 2.75) is 50.8 Å². The molecule has 4 saturated heterocycles. The van der Waals surface area contributed by atoms with Gasteiger partial charge in [-0.2, -0.15) is 0 Å². The Labute approximate surface area is 203 Å².